The molecule has 0 unspecified atom stereocenters. The number of aromatic amines is 1. The van der Waals surface area contributed by atoms with Gasteiger partial charge in [0, 0.05) is 11.8 Å². The highest BCUT2D eigenvalue weighted by Gasteiger charge is 2.23. The molecule has 1 aromatic rings. The minimum atomic E-state index is -0.649. The van der Waals surface area contributed by atoms with Crippen LogP contribution in [0.5, 0.6) is 5.88 Å². The van der Waals surface area contributed by atoms with Crippen LogP contribution in [0, 0.1) is 0 Å². The molecule has 0 radical (unpaired) electrons. The van der Waals surface area contributed by atoms with Crippen LogP contribution in [0.15, 0.2) is 14.6 Å². The lowest BCUT2D eigenvalue weighted by atomic mass is 9.95. The van der Waals surface area contributed by atoms with Gasteiger partial charge in [-0.15, -0.1) is 0 Å². The number of nitrogens with one attached hydrogen (secondary N) is 1. The number of aromatic nitrogens is 2. The number of hydrogen-bond acceptors (Lipinski definition) is 5. The van der Waals surface area contributed by atoms with Gasteiger partial charge in [0.05, 0.1) is 13.2 Å². The lowest BCUT2D eigenvalue weighted by molar-refractivity contribution is 0.298. The number of aromatic hydroxyl groups is 1. The molecule has 1 aromatic heterocycles. The Bertz CT molecular complexity index is 639. The van der Waals surface area contributed by atoms with Crippen LogP contribution in [0.2, 0.25) is 0 Å². The van der Waals surface area contributed by atoms with E-state index in [2.05, 4.69) is 9.98 Å². The summed E-state index contributed by atoms with van der Waals surface area (Å²) in [5.41, 5.74) is -0.909. The van der Waals surface area contributed by atoms with E-state index in [0.717, 1.165) is 32.1 Å². The number of aliphatic hydroxyl groups excluding tert-OH is 1. The summed E-state index contributed by atoms with van der Waals surface area (Å²) in [6.07, 6.45) is 4.75. The third-order valence-corrected chi connectivity index (χ3v) is 3.87. The predicted molar refractivity (Wildman–Crippen MR) is 79.3 cm³/mol. The molecule has 3 N–H and O–H groups in total. The van der Waals surface area contributed by atoms with Crippen LogP contribution in [0.4, 0.5) is 0 Å². The molecule has 0 bridgehead atoms. The predicted octanol–water partition coefficient (Wildman–Crippen LogP) is 0.549. The van der Waals surface area contributed by atoms with Crippen molar-refractivity contribution in [1.29, 1.82) is 0 Å². The standard InChI is InChI=1S/C14H21N3O4/c1-9(15-7-8-18)11-12(19)16-14(21)17(13(11)20)10-5-3-2-4-6-10/h10,18,20H,2-8H2,1H3,(H,16,19,21). The summed E-state index contributed by atoms with van der Waals surface area (Å²) in [4.78, 5) is 30.2. The molecule has 0 atom stereocenters. The highest BCUT2D eigenvalue weighted by molar-refractivity contribution is 6.00. The maximum absolute atomic E-state index is 12.0. The number of H-pyrrole nitrogens is 1. The van der Waals surface area contributed by atoms with E-state index in [0.29, 0.717) is 5.71 Å². The molecule has 1 heterocycles. The average Bonchev–Trinajstić information content (AvgIpc) is 2.45. The fourth-order valence-corrected chi connectivity index (χ4v) is 2.84. The van der Waals surface area contributed by atoms with Gasteiger partial charge in [-0.05, 0) is 19.8 Å². The van der Waals surface area contributed by atoms with Crippen molar-refractivity contribution in [2.45, 2.75) is 45.1 Å². The first kappa shape index (κ1) is 15.5. The van der Waals surface area contributed by atoms with Crippen LogP contribution >= 0.6 is 0 Å². The summed E-state index contributed by atoms with van der Waals surface area (Å²) >= 11 is 0. The molecular formula is C14H21N3O4. The molecule has 1 aliphatic carbocycles. The van der Waals surface area contributed by atoms with E-state index in [1.165, 1.54) is 4.57 Å². The fourth-order valence-electron chi connectivity index (χ4n) is 2.84. The summed E-state index contributed by atoms with van der Waals surface area (Å²) in [6.45, 7) is 1.58. The van der Waals surface area contributed by atoms with E-state index in [1.807, 2.05) is 0 Å². The Morgan fingerprint density at radius 2 is 2.00 bits per heavy atom. The van der Waals surface area contributed by atoms with Gasteiger partial charge in [-0.3, -0.25) is 19.3 Å². The Morgan fingerprint density at radius 3 is 2.62 bits per heavy atom. The monoisotopic (exact) mass is 295 g/mol. The van der Waals surface area contributed by atoms with E-state index in [4.69, 9.17) is 5.11 Å². The van der Waals surface area contributed by atoms with Gasteiger partial charge in [0.25, 0.3) is 5.56 Å². The zero-order valence-corrected chi connectivity index (χ0v) is 12.1. The Balaban J connectivity index is 2.52. The van der Waals surface area contributed by atoms with Gasteiger partial charge in [-0.2, -0.15) is 0 Å². The molecule has 21 heavy (non-hydrogen) atoms. The molecule has 1 fully saturated rings. The smallest absolute Gasteiger partial charge is 0.331 e. The zero-order valence-electron chi connectivity index (χ0n) is 12.1. The maximum atomic E-state index is 12.0. The first-order valence-electron chi connectivity index (χ1n) is 7.26. The van der Waals surface area contributed by atoms with E-state index >= 15 is 0 Å². The van der Waals surface area contributed by atoms with Crippen molar-refractivity contribution < 1.29 is 10.2 Å². The van der Waals surface area contributed by atoms with Crippen molar-refractivity contribution in [3.63, 3.8) is 0 Å². The van der Waals surface area contributed by atoms with Crippen molar-refractivity contribution in [1.82, 2.24) is 9.55 Å². The molecule has 0 aliphatic heterocycles. The highest BCUT2D eigenvalue weighted by Crippen LogP contribution is 2.30. The molecule has 7 heteroatoms. The Morgan fingerprint density at radius 1 is 1.33 bits per heavy atom. The van der Waals surface area contributed by atoms with Crippen molar-refractivity contribution in [3.8, 4) is 5.88 Å². The van der Waals surface area contributed by atoms with Gasteiger partial charge in [0.2, 0.25) is 5.88 Å². The van der Waals surface area contributed by atoms with E-state index in [9.17, 15) is 14.7 Å². The van der Waals surface area contributed by atoms with Crippen molar-refractivity contribution >= 4 is 5.71 Å². The Kier molecular flexibility index (Phi) is 4.95. The van der Waals surface area contributed by atoms with Gasteiger partial charge < -0.3 is 10.2 Å². The van der Waals surface area contributed by atoms with Crippen LogP contribution in [-0.4, -0.2) is 38.6 Å². The number of aliphatic hydroxyl groups is 1. The van der Waals surface area contributed by atoms with Crippen LogP contribution in [-0.2, 0) is 0 Å². The molecule has 0 spiro atoms. The number of hydrogen-bond donors (Lipinski definition) is 3. The lowest BCUT2D eigenvalue weighted by Gasteiger charge is -2.25. The summed E-state index contributed by atoms with van der Waals surface area (Å²) in [6, 6.07) is -0.0903. The summed E-state index contributed by atoms with van der Waals surface area (Å²) in [7, 11) is 0. The van der Waals surface area contributed by atoms with Crippen molar-refractivity contribution in [2.24, 2.45) is 4.99 Å². The van der Waals surface area contributed by atoms with Crippen LogP contribution < -0.4 is 11.2 Å². The second kappa shape index (κ2) is 6.71. The first-order chi connectivity index (χ1) is 10.1. The third kappa shape index (κ3) is 3.24. The SMILES string of the molecule is CC(=NCCO)c1c(O)n(C2CCCCC2)c(=O)[nH]c1=O. The Hall–Kier alpha value is -1.89. The van der Waals surface area contributed by atoms with Crippen LogP contribution in [0.1, 0.15) is 50.6 Å². The number of nitrogens with zero attached hydrogens (tertiary/aromatic N) is 2. The second-order valence-corrected chi connectivity index (χ2v) is 5.31. The molecule has 1 saturated carbocycles. The summed E-state index contributed by atoms with van der Waals surface area (Å²) in [5.74, 6) is -0.324. The zero-order chi connectivity index (χ0) is 15.4. The lowest BCUT2D eigenvalue weighted by Crippen LogP contribution is -2.36. The molecular weight excluding hydrogens is 274 g/mol. The van der Waals surface area contributed by atoms with E-state index in [-0.39, 0.29) is 30.6 Å². The number of aliphatic imine (C=N–C) groups is 1. The summed E-state index contributed by atoms with van der Waals surface area (Å²) < 4.78 is 1.27. The molecule has 0 aromatic carbocycles. The van der Waals surface area contributed by atoms with Gasteiger partial charge in [0.1, 0.15) is 5.56 Å². The minimum Gasteiger partial charge on any atom is -0.494 e. The third-order valence-electron chi connectivity index (χ3n) is 3.87. The van der Waals surface area contributed by atoms with Gasteiger partial charge in [-0.25, -0.2) is 4.79 Å². The molecule has 7 nitrogen and oxygen atoms in total. The van der Waals surface area contributed by atoms with Crippen LogP contribution in [0.3, 0.4) is 0 Å². The molecule has 0 amide bonds. The second-order valence-electron chi connectivity index (χ2n) is 5.31. The fraction of sp³-hybridized carbons (Fsp3) is 0.643. The normalized spacial score (nSPS) is 17.1. The topological polar surface area (TPSA) is 108 Å². The van der Waals surface area contributed by atoms with Gasteiger partial charge >= 0.3 is 5.69 Å². The average molecular weight is 295 g/mol. The molecule has 2 rings (SSSR count). The van der Waals surface area contributed by atoms with E-state index < -0.39 is 11.2 Å². The van der Waals surface area contributed by atoms with Crippen molar-refractivity contribution in [3.05, 3.63) is 26.4 Å². The van der Waals surface area contributed by atoms with Crippen LogP contribution in [0.25, 0.3) is 0 Å². The van der Waals surface area contributed by atoms with Crippen molar-refractivity contribution in [2.75, 3.05) is 13.2 Å². The Labute approximate surface area is 122 Å². The molecule has 116 valence electrons. The van der Waals surface area contributed by atoms with Gasteiger partial charge in [0.15, 0.2) is 0 Å². The highest BCUT2D eigenvalue weighted by atomic mass is 16.3. The molecule has 0 saturated heterocycles. The number of rotatable bonds is 4. The van der Waals surface area contributed by atoms with Gasteiger partial charge in [-0.1, -0.05) is 19.3 Å². The quantitative estimate of drug-likeness (QED) is 0.705. The minimum absolute atomic E-state index is 0.00798. The first-order valence-corrected chi connectivity index (χ1v) is 7.26. The maximum Gasteiger partial charge on any atom is 0.331 e. The molecule has 1 aliphatic rings. The van der Waals surface area contributed by atoms with E-state index in [1.54, 1.807) is 6.92 Å². The summed E-state index contributed by atoms with van der Waals surface area (Å²) in [5, 5.41) is 19.2. The largest absolute Gasteiger partial charge is 0.494 e.